The summed E-state index contributed by atoms with van der Waals surface area (Å²) in [6.07, 6.45) is 6.87. The van der Waals surface area contributed by atoms with E-state index in [2.05, 4.69) is 4.98 Å². The number of likely N-dealkylation sites (tertiary alicyclic amines) is 1. The molecule has 0 radical (unpaired) electrons. The van der Waals surface area contributed by atoms with Gasteiger partial charge in [-0.3, -0.25) is 9.20 Å². The Hall–Kier alpha value is -1.37. The van der Waals surface area contributed by atoms with Gasteiger partial charge < -0.3 is 10.0 Å². The molecule has 1 fully saturated rings. The number of aliphatic hydroxyl groups excluding tert-OH is 1. The summed E-state index contributed by atoms with van der Waals surface area (Å²) in [5.41, 5.74) is 0.728. The first-order valence-corrected chi connectivity index (χ1v) is 8.13. The van der Waals surface area contributed by atoms with Crippen molar-refractivity contribution in [2.75, 3.05) is 19.7 Å². The molecule has 2 aromatic heterocycles. The largest absolute Gasteiger partial charge is 0.396 e. The van der Waals surface area contributed by atoms with Gasteiger partial charge in [0.2, 0.25) is 5.91 Å². The van der Waals surface area contributed by atoms with Gasteiger partial charge in [-0.1, -0.05) is 11.6 Å². The molecule has 112 valence electrons. The van der Waals surface area contributed by atoms with Crippen molar-refractivity contribution < 1.29 is 9.90 Å². The van der Waals surface area contributed by atoms with Crippen LogP contribution in [0.15, 0.2) is 17.7 Å². The maximum atomic E-state index is 12.2. The van der Waals surface area contributed by atoms with Crippen LogP contribution in [0.5, 0.6) is 0 Å². The Morgan fingerprint density at radius 3 is 3.00 bits per heavy atom. The summed E-state index contributed by atoms with van der Waals surface area (Å²) in [7, 11) is 0. The molecule has 1 saturated heterocycles. The van der Waals surface area contributed by atoms with Gasteiger partial charge in [-0.2, -0.15) is 0 Å². The van der Waals surface area contributed by atoms with E-state index >= 15 is 0 Å². The van der Waals surface area contributed by atoms with E-state index in [-0.39, 0.29) is 12.5 Å². The maximum absolute atomic E-state index is 12.2. The van der Waals surface area contributed by atoms with Crippen LogP contribution in [0.1, 0.15) is 18.5 Å². The number of thiazole rings is 1. The molecule has 5 nitrogen and oxygen atoms in total. The van der Waals surface area contributed by atoms with Crippen LogP contribution < -0.4 is 0 Å². The Bertz CT molecular complexity index is 671. The normalized spacial score (nSPS) is 17.1. The number of carbonyl (C=O) groups excluding carboxylic acids is 1. The number of amides is 1. The summed E-state index contributed by atoms with van der Waals surface area (Å²) < 4.78 is 1.87. The minimum absolute atomic E-state index is 0.0207. The van der Waals surface area contributed by atoms with Crippen molar-refractivity contribution in [3.05, 3.63) is 28.5 Å². The average Bonchev–Trinajstić information content (AvgIpc) is 3.06. The van der Waals surface area contributed by atoms with E-state index in [0.29, 0.717) is 24.2 Å². The number of nitrogens with zero attached hydrogens (tertiary/aromatic N) is 3. The van der Waals surface area contributed by atoms with Crippen LogP contribution >= 0.6 is 22.9 Å². The molecule has 0 bridgehead atoms. The number of hydrogen-bond donors (Lipinski definition) is 1. The third kappa shape index (κ3) is 2.97. The number of aromatic nitrogens is 2. The van der Waals surface area contributed by atoms with Gasteiger partial charge in [0.25, 0.3) is 0 Å². The second kappa shape index (κ2) is 6.17. The summed E-state index contributed by atoms with van der Waals surface area (Å²) in [5.74, 6) is 0.306. The highest BCUT2D eigenvalue weighted by Gasteiger charge is 2.21. The van der Waals surface area contributed by atoms with E-state index in [0.717, 1.165) is 23.5 Å². The zero-order chi connectivity index (χ0) is 14.8. The van der Waals surface area contributed by atoms with Crippen molar-refractivity contribution in [3.63, 3.8) is 0 Å². The van der Waals surface area contributed by atoms with Crippen molar-refractivity contribution in [3.8, 4) is 0 Å². The molecule has 0 atom stereocenters. The fourth-order valence-electron chi connectivity index (χ4n) is 2.52. The number of hydrogen-bond acceptors (Lipinski definition) is 4. The maximum Gasteiger partial charge on any atom is 0.246 e. The number of carbonyl (C=O) groups is 1. The molecule has 3 heterocycles. The monoisotopic (exact) mass is 325 g/mol. The number of fused-ring (bicyclic) bond motifs is 1. The van der Waals surface area contributed by atoms with Gasteiger partial charge in [-0.05, 0) is 24.8 Å². The lowest BCUT2D eigenvalue weighted by molar-refractivity contribution is -0.127. The molecule has 0 unspecified atom stereocenters. The van der Waals surface area contributed by atoms with Gasteiger partial charge in [0.1, 0.15) is 0 Å². The van der Waals surface area contributed by atoms with Gasteiger partial charge in [0.15, 0.2) is 10.1 Å². The van der Waals surface area contributed by atoms with Crippen LogP contribution in [-0.4, -0.2) is 45.0 Å². The van der Waals surface area contributed by atoms with Gasteiger partial charge in [0, 0.05) is 37.3 Å². The molecule has 0 spiro atoms. The Labute approximate surface area is 131 Å². The number of halogens is 1. The lowest BCUT2D eigenvalue weighted by Crippen LogP contribution is -2.38. The Morgan fingerprint density at radius 2 is 2.29 bits per heavy atom. The highest BCUT2D eigenvalue weighted by molar-refractivity contribution is 7.15. The summed E-state index contributed by atoms with van der Waals surface area (Å²) in [6.45, 7) is 1.60. The first kappa shape index (κ1) is 14.6. The lowest BCUT2D eigenvalue weighted by atomic mass is 9.98. The smallest absolute Gasteiger partial charge is 0.246 e. The topological polar surface area (TPSA) is 57.8 Å². The number of aliphatic hydroxyl groups is 1. The number of piperidine rings is 1. The molecule has 1 aliphatic rings. The first-order chi connectivity index (χ1) is 10.2. The van der Waals surface area contributed by atoms with E-state index in [9.17, 15) is 4.79 Å². The van der Waals surface area contributed by atoms with Gasteiger partial charge >= 0.3 is 0 Å². The third-order valence-corrected chi connectivity index (χ3v) is 4.86. The molecule has 21 heavy (non-hydrogen) atoms. The van der Waals surface area contributed by atoms with E-state index in [1.165, 1.54) is 11.3 Å². The SMILES string of the molecule is O=C(/C=C/c1c(Cl)nc2sccn12)N1CCC(CO)CC1. The molecule has 1 amide bonds. The van der Waals surface area contributed by atoms with E-state index in [1.807, 2.05) is 20.9 Å². The second-order valence-electron chi connectivity index (χ2n) is 5.13. The summed E-state index contributed by atoms with van der Waals surface area (Å²) >= 11 is 7.59. The average molecular weight is 326 g/mol. The quantitative estimate of drug-likeness (QED) is 0.881. The Balaban J connectivity index is 1.70. The second-order valence-corrected chi connectivity index (χ2v) is 6.36. The standard InChI is InChI=1S/C14H16ClN3O2S/c15-13-11(18-7-8-21-14(18)16-13)1-2-12(20)17-5-3-10(9-19)4-6-17/h1-2,7-8,10,19H,3-6,9H2/b2-1+. The van der Waals surface area contributed by atoms with Crippen LogP contribution in [0.4, 0.5) is 0 Å². The fraction of sp³-hybridized carbons (Fsp3) is 0.429. The zero-order valence-corrected chi connectivity index (χ0v) is 13.0. The molecule has 2 aromatic rings. The van der Waals surface area contributed by atoms with Crippen molar-refractivity contribution in [2.24, 2.45) is 5.92 Å². The highest BCUT2D eigenvalue weighted by atomic mass is 35.5. The first-order valence-electron chi connectivity index (χ1n) is 6.88. The summed E-state index contributed by atoms with van der Waals surface area (Å²) in [5, 5.41) is 11.4. The van der Waals surface area contributed by atoms with Gasteiger partial charge in [-0.15, -0.1) is 11.3 Å². The molecule has 7 heteroatoms. The van der Waals surface area contributed by atoms with Crippen LogP contribution in [0.3, 0.4) is 0 Å². The Kier molecular flexibility index (Phi) is 4.28. The minimum atomic E-state index is -0.0207. The van der Waals surface area contributed by atoms with Crippen LogP contribution in [0.2, 0.25) is 5.15 Å². The number of imidazole rings is 1. The molecule has 0 aliphatic carbocycles. The minimum Gasteiger partial charge on any atom is -0.396 e. The van der Waals surface area contributed by atoms with Crippen molar-refractivity contribution in [1.82, 2.24) is 14.3 Å². The summed E-state index contributed by atoms with van der Waals surface area (Å²) in [6, 6.07) is 0. The van der Waals surface area contributed by atoms with Crippen LogP contribution in [0, 0.1) is 5.92 Å². The zero-order valence-electron chi connectivity index (χ0n) is 11.4. The van der Waals surface area contributed by atoms with Crippen molar-refractivity contribution in [2.45, 2.75) is 12.8 Å². The third-order valence-electron chi connectivity index (χ3n) is 3.82. The fourth-order valence-corrected chi connectivity index (χ4v) is 3.52. The molecular formula is C14H16ClN3O2S. The molecule has 0 aromatic carbocycles. The molecule has 0 saturated carbocycles. The van der Waals surface area contributed by atoms with Gasteiger partial charge in [-0.25, -0.2) is 4.98 Å². The van der Waals surface area contributed by atoms with Crippen molar-refractivity contribution in [1.29, 1.82) is 0 Å². The summed E-state index contributed by atoms with van der Waals surface area (Å²) in [4.78, 5) is 19.0. The van der Waals surface area contributed by atoms with E-state index < -0.39 is 0 Å². The molecule has 3 rings (SSSR count). The van der Waals surface area contributed by atoms with Crippen molar-refractivity contribution >= 4 is 39.9 Å². The molecule has 1 N–H and O–H groups in total. The Morgan fingerprint density at radius 1 is 1.52 bits per heavy atom. The van der Waals surface area contributed by atoms with Gasteiger partial charge in [0.05, 0.1) is 5.69 Å². The van der Waals surface area contributed by atoms with Crippen LogP contribution in [0.25, 0.3) is 11.0 Å². The predicted octanol–water partition coefficient (Wildman–Crippen LogP) is 2.29. The van der Waals surface area contributed by atoms with E-state index in [1.54, 1.807) is 12.2 Å². The predicted molar refractivity (Wildman–Crippen MR) is 83.5 cm³/mol. The lowest BCUT2D eigenvalue weighted by Gasteiger charge is -2.30. The molecule has 1 aliphatic heterocycles. The van der Waals surface area contributed by atoms with Crippen LogP contribution in [-0.2, 0) is 4.79 Å². The number of rotatable bonds is 3. The highest BCUT2D eigenvalue weighted by Crippen LogP contribution is 2.23. The van der Waals surface area contributed by atoms with E-state index in [4.69, 9.17) is 16.7 Å². The molecular weight excluding hydrogens is 310 g/mol.